The second-order valence-electron chi connectivity index (χ2n) is 11.5. The van der Waals surface area contributed by atoms with Crippen LogP contribution in [-0.4, -0.2) is 26.8 Å². The first-order valence-corrected chi connectivity index (χ1v) is 15.4. The fourth-order valence-corrected chi connectivity index (χ4v) is 5.77. The van der Waals surface area contributed by atoms with Crippen LogP contribution in [0, 0.1) is 10.1 Å². The van der Waals surface area contributed by atoms with Gasteiger partial charge < -0.3 is 9.84 Å². The Kier molecular flexibility index (Phi) is 9.40. The van der Waals surface area contributed by atoms with E-state index in [1.54, 1.807) is 78.9 Å². The normalized spacial score (nSPS) is 12.0. The van der Waals surface area contributed by atoms with Gasteiger partial charge in [-0.25, -0.2) is 0 Å². The molecule has 6 rings (SSSR count). The van der Waals surface area contributed by atoms with Crippen molar-refractivity contribution in [2.75, 3.05) is 0 Å². The summed E-state index contributed by atoms with van der Waals surface area (Å²) in [7, 11) is 0. The number of alkyl halides is 3. The van der Waals surface area contributed by atoms with Crippen molar-refractivity contribution in [2.24, 2.45) is 0 Å². The Morgan fingerprint density at radius 2 is 1.52 bits per heavy atom. The second-order valence-corrected chi connectivity index (χ2v) is 11.5. The third kappa shape index (κ3) is 7.21. The van der Waals surface area contributed by atoms with Crippen LogP contribution in [0.15, 0.2) is 128 Å². The van der Waals surface area contributed by atoms with Gasteiger partial charge in [0.2, 0.25) is 0 Å². The monoisotopic (exact) mass is 676 g/mol. The number of nitro benzene ring substituents is 1. The van der Waals surface area contributed by atoms with Crippen molar-refractivity contribution < 1.29 is 37.5 Å². The zero-order valence-electron chi connectivity index (χ0n) is 26.1. The summed E-state index contributed by atoms with van der Waals surface area (Å²) in [5.41, 5.74) is 1.87. The van der Waals surface area contributed by atoms with E-state index in [4.69, 9.17) is 4.74 Å². The van der Waals surface area contributed by atoms with Crippen molar-refractivity contribution in [3.8, 4) is 16.9 Å². The third-order valence-corrected chi connectivity index (χ3v) is 8.28. The van der Waals surface area contributed by atoms with E-state index in [0.29, 0.717) is 28.0 Å². The van der Waals surface area contributed by atoms with E-state index in [-0.39, 0.29) is 40.7 Å². The molecule has 6 aromatic rings. The van der Waals surface area contributed by atoms with Gasteiger partial charge in [0.1, 0.15) is 12.4 Å². The molecule has 0 spiro atoms. The quantitative estimate of drug-likeness (QED) is 0.0826. The number of nitrogens with zero attached hydrogens (tertiary/aromatic N) is 2. The van der Waals surface area contributed by atoms with Gasteiger partial charge in [0.05, 0.1) is 21.9 Å². The zero-order chi connectivity index (χ0) is 35.4. The number of rotatable bonds is 11. The van der Waals surface area contributed by atoms with Gasteiger partial charge in [-0.05, 0) is 46.9 Å². The van der Waals surface area contributed by atoms with Crippen LogP contribution in [0.5, 0.6) is 5.75 Å². The summed E-state index contributed by atoms with van der Waals surface area (Å²) in [6.07, 6.45) is -3.34. The van der Waals surface area contributed by atoms with Crippen molar-refractivity contribution in [3.63, 3.8) is 0 Å². The van der Waals surface area contributed by atoms with Crippen molar-refractivity contribution in [1.82, 2.24) is 4.98 Å². The molecule has 1 aromatic heterocycles. The van der Waals surface area contributed by atoms with E-state index in [1.807, 2.05) is 0 Å². The second kappa shape index (κ2) is 14.0. The molecule has 0 aliphatic heterocycles. The summed E-state index contributed by atoms with van der Waals surface area (Å²) in [4.78, 5) is 40.3. The van der Waals surface area contributed by atoms with Gasteiger partial charge in [-0.2, -0.15) is 13.2 Å². The fraction of sp³-hybridized carbons (Fsp3) is 0.103. The van der Waals surface area contributed by atoms with Crippen LogP contribution < -0.4 is 4.74 Å². The maximum absolute atomic E-state index is 14.0. The standard InChI is InChI=1S/C39H27F3N2O6/c40-39(41,42)34-11-5-10-31-35(33(22-43-36(31)34)37(45)27-6-2-1-3-7-27)28-8-4-9-30(21-28)50-23-25-12-16-26(17-13-25)32(38(46)47)20-24-14-18-29(19-15-24)44(48)49/h1-19,21-22,32H,20,23H2,(H,46,47). The number of pyridine rings is 1. The van der Waals surface area contributed by atoms with Gasteiger partial charge in [-0.3, -0.25) is 24.7 Å². The molecule has 1 atom stereocenters. The summed E-state index contributed by atoms with van der Waals surface area (Å²) < 4.78 is 48.0. The Bertz CT molecular complexity index is 2200. The minimum absolute atomic E-state index is 0.0821. The van der Waals surface area contributed by atoms with E-state index >= 15 is 0 Å². The van der Waals surface area contributed by atoms with Crippen LogP contribution in [0.2, 0.25) is 0 Å². The number of carboxylic acids is 1. The number of aliphatic carboxylic acids is 1. The molecule has 0 bridgehead atoms. The molecule has 1 heterocycles. The Morgan fingerprint density at radius 3 is 2.18 bits per heavy atom. The van der Waals surface area contributed by atoms with E-state index in [0.717, 1.165) is 11.6 Å². The Morgan fingerprint density at radius 1 is 0.840 bits per heavy atom. The molecule has 0 saturated heterocycles. The van der Waals surface area contributed by atoms with Crippen molar-refractivity contribution in [2.45, 2.75) is 25.1 Å². The third-order valence-electron chi connectivity index (χ3n) is 8.28. The molecule has 0 amide bonds. The number of carbonyl (C=O) groups is 2. The number of non-ortho nitro benzene ring substituents is 1. The van der Waals surface area contributed by atoms with E-state index in [9.17, 15) is 38.0 Å². The fourth-order valence-electron chi connectivity index (χ4n) is 5.77. The predicted molar refractivity (Wildman–Crippen MR) is 180 cm³/mol. The van der Waals surface area contributed by atoms with Gasteiger partial charge in [0.15, 0.2) is 5.78 Å². The van der Waals surface area contributed by atoms with E-state index in [2.05, 4.69) is 4.98 Å². The SMILES string of the molecule is O=C(c1ccccc1)c1cnc2c(C(F)(F)F)cccc2c1-c1cccc(OCc2ccc(C(Cc3ccc([N+](=O)[O-])cc3)C(=O)O)cc2)c1. The molecule has 5 aromatic carbocycles. The van der Waals surface area contributed by atoms with Crippen LogP contribution in [0.25, 0.3) is 22.0 Å². The van der Waals surface area contributed by atoms with E-state index in [1.165, 1.54) is 42.6 Å². The average Bonchev–Trinajstić information content (AvgIpc) is 3.12. The number of halogens is 3. The minimum Gasteiger partial charge on any atom is -0.489 e. The van der Waals surface area contributed by atoms with Gasteiger partial charge in [0.25, 0.3) is 5.69 Å². The van der Waals surface area contributed by atoms with Gasteiger partial charge in [-0.15, -0.1) is 0 Å². The van der Waals surface area contributed by atoms with Crippen LogP contribution in [0.4, 0.5) is 18.9 Å². The maximum atomic E-state index is 14.0. The molecular formula is C39H27F3N2O6. The highest BCUT2D eigenvalue weighted by Crippen LogP contribution is 2.40. The van der Waals surface area contributed by atoms with Crippen molar-refractivity contribution in [3.05, 3.63) is 171 Å². The Hall–Kier alpha value is -6.36. The maximum Gasteiger partial charge on any atom is 0.418 e. The first-order chi connectivity index (χ1) is 24.0. The molecule has 1 N–H and O–H groups in total. The molecule has 0 aliphatic rings. The number of fused-ring (bicyclic) bond motifs is 1. The highest BCUT2D eigenvalue weighted by atomic mass is 19.4. The molecule has 11 heteroatoms. The molecule has 0 saturated carbocycles. The van der Waals surface area contributed by atoms with Crippen molar-refractivity contribution in [1.29, 1.82) is 0 Å². The number of nitro groups is 1. The number of ketones is 1. The van der Waals surface area contributed by atoms with Gasteiger partial charge in [0, 0.05) is 40.4 Å². The van der Waals surface area contributed by atoms with Gasteiger partial charge >= 0.3 is 12.1 Å². The molecule has 250 valence electrons. The molecular weight excluding hydrogens is 649 g/mol. The molecule has 0 aliphatic carbocycles. The lowest BCUT2D eigenvalue weighted by Crippen LogP contribution is -2.14. The van der Waals surface area contributed by atoms with Gasteiger partial charge in [-0.1, -0.05) is 91.0 Å². The molecule has 1 unspecified atom stereocenters. The average molecular weight is 677 g/mol. The lowest BCUT2D eigenvalue weighted by atomic mass is 9.91. The number of hydrogen-bond acceptors (Lipinski definition) is 6. The summed E-state index contributed by atoms with van der Waals surface area (Å²) >= 11 is 0. The minimum atomic E-state index is -4.66. The smallest absolute Gasteiger partial charge is 0.418 e. The van der Waals surface area contributed by atoms with Crippen molar-refractivity contribution >= 4 is 28.3 Å². The lowest BCUT2D eigenvalue weighted by Gasteiger charge is -2.17. The number of carbonyl (C=O) groups excluding carboxylic acids is 1. The van der Waals surface area contributed by atoms with Crippen LogP contribution in [0.1, 0.15) is 44.1 Å². The summed E-state index contributed by atoms with van der Waals surface area (Å²) in [5, 5.41) is 21.0. The predicted octanol–water partition coefficient (Wildman–Crippen LogP) is 9.05. The van der Waals surface area contributed by atoms with Crippen LogP contribution in [0.3, 0.4) is 0 Å². The summed E-state index contributed by atoms with van der Waals surface area (Å²) in [6, 6.07) is 31.4. The first-order valence-electron chi connectivity index (χ1n) is 15.4. The summed E-state index contributed by atoms with van der Waals surface area (Å²) in [5.74, 6) is -1.93. The molecule has 0 fully saturated rings. The Labute approximate surface area is 283 Å². The molecule has 50 heavy (non-hydrogen) atoms. The molecule has 8 nitrogen and oxygen atoms in total. The number of aromatic nitrogens is 1. The van der Waals surface area contributed by atoms with E-state index < -0.39 is 34.3 Å². The van der Waals surface area contributed by atoms with Crippen LogP contribution >= 0.6 is 0 Å². The number of carboxylic acid groups (broad SMARTS) is 1. The molecule has 0 radical (unpaired) electrons. The van der Waals surface area contributed by atoms with Crippen LogP contribution in [-0.2, 0) is 24.0 Å². The number of ether oxygens (including phenoxy) is 1. The largest absolute Gasteiger partial charge is 0.489 e. The lowest BCUT2D eigenvalue weighted by molar-refractivity contribution is -0.384. The zero-order valence-corrected chi connectivity index (χ0v) is 26.1. The number of benzene rings is 5. The number of para-hydroxylation sites is 1. The highest BCUT2D eigenvalue weighted by molar-refractivity contribution is 6.16. The topological polar surface area (TPSA) is 120 Å². The Balaban J connectivity index is 1.27. The summed E-state index contributed by atoms with van der Waals surface area (Å²) in [6.45, 7) is 0.0922. The highest BCUT2D eigenvalue weighted by Gasteiger charge is 2.34. The number of hydrogen-bond donors (Lipinski definition) is 1. The first kappa shape index (κ1) is 33.5.